The van der Waals surface area contributed by atoms with Gasteiger partial charge in [-0.15, -0.1) is 0 Å². The van der Waals surface area contributed by atoms with E-state index in [2.05, 4.69) is 0 Å². The van der Waals surface area contributed by atoms with Gasteiger partial charge in [-0.1, -0.05) is 12.1 Å². The molecule has 0 radical (unpaired) electrons. The van der Waals surface area contributed by atoms with Gasteiger partial charge >= 0.3 is 17.9 Å². The molecule has 19 heteroatoms. The molecule has 11 N–H and O–H groups in total. The Morgan fingerprint density at radius 2 is 0.981 bits per heavy atom. The minimum atomic E-state index is -2.02. The molecular formula is C35H32O19. The van der Waals surface area contributed by atoms with E-state index in [0.29, 0.717) is 29.8 Å². The van der Waals surface area contributed by atoms with Crippen LogP contribution in [0.1, 0.15) is 36.6 Å². The van der Waals surface area contributed by atoms with Gasteiger partial charge in [-0.05, 0) is 60.5 Å². The van der Waals surface area contributed by atoms with Crippen LogP contribution in [-0.4, -0.2) is 118 Å². The SMILES string of the molecule is O=C(OCC1OC(OCCc2ccc(O)cc2)C(O)C(OC(=O)c2cc(O)c(O)c(O)c2)C1OC(=O)c1cc(O)c(O)c(O)c1)c1cc(O)c(O)c(O)c1. The highest BCUT2D eigenvalue weighted by atomic mass is 16.7. The number of ether oxygens (including phenoxy) is 5. The van der Waals surface area contributed by atoms with E-state index >= 15 is 0 Å². The third-order valence-electron chi connectivity index (χ3n) is 8.00. The van der Waals surface area contributed by atoms with Crippen LogP contribution in [0, 0.1) is 0 Å². The highest BCUT2D eigenvalue weighted by molar-refractivity contribution is 5.93. The Bertz CT molecular complexity index is 1980. The third kappa shape index (κ3) is 8.44. The summed E-state index contributed by atoms with van der Waals surface area (Å²) in [5.74, 6) is -12.4. The van der Waals surface area contributed by atoms with E-state index in [-0.39, 0.29) is 18.8 Å². The Morgan fingerprint density at radius 3 is 1.43 bits per heavy atom. The molecule has 1 aliphatic heterocycles. The number of carbonyl (C=O) groups is 3. The molecule has 19 nitrogen and oxygen atoms in total. The molecule has 54 heavy (non-hydrogen) atoms. The maximum atomic E-state index is 13.4. The first-order valence-electron chi connectivity index (χ1n) is 15.6. The zero-order valence-corrected chi connectivity index (χ0v) is 27.5. The smallest absolute Gasteiger partial charge is 0.338 e. The van der Waals surface area contributed by atoms with Crippen molar-refractivity contribution in [3.05, 3.63) is 82.9 Å². The van der Waals surface area contributed by atoms with Crippen molar-refractivity contribution in [3.63, 3.8) is 0 Å². The maximum Gasteiger partial charge on any atom is 0.338 e. The Morgan fingerprint density at radius 1 is 0.574 bits per heavy atom. The van der Waals surface area contributed by atoms with E-state index in [4.69, 9.17) is 23.7 Å². The summed E-state index contributed by atoms with van der Waals surface area (Å²) >= 11 is 0. The lowest BCUT2D eigenvalue weighted by Gasteiger charge is -2.43. The second-order valence-corrected chi connectivity index (χ2v) is 11.7. The minimum Gasteiger partial charge on any atom is -0.508 e. The van der Waals surface area contributed by atoms with Crippen molar-refractivity contribution >= 4 is 17.9 Å². The Kier molecular flexibility index (Phi) is 11.2. The molecule has 1 saturated heterocycles. The van der Waals surface area contributed by atoms with Gasteiger partial charge in [0.15, 0.2) is 70.2 Å². The van der Waals surface area contributed by atoms with Crippen molar-refractivity contribution in [1.29, 1.82) is 0 Å². The van der Waals surface area contributed by atoms with Crippen molar-refractivity contribution in [2.24, 2.45) is 0 Å². The highest BCUT2D eigenvalue weighted by Crippen LogP contribution is 2.39. The normalized spacial score (nSPS) is 19.5. The number of phenols is 10. The van der Waals surface area contributed by atoms with E-state index in [1.807, 2.05) is 0 Å². The predicted molar refractivity (Wildman–Crippen MR) is 175 cm³/mol. The van der Waals surface area contributed by atoms with E-state index in [9.17, 15) is 70.6 Å². The summed E-state index contributed by atoms with van der Waals surface area (Å²) in [7, 11) is 0. The number of phenolic OH excluding ortho intramolecular Hbond substituents is 10. The van der Waals surface area contributed by atoms with Crippen LogP contribution in [0.2, 0.25) is 0 Å². The van der Waals surface area contributed by atoms with E-state index in [1.165, 1.54) is 12.1 Å². The second kappa shape index (κ2) is 15.8. The highest BCUT2D eigenvalue weighted by Gasteiger charge is 2.51. The van der Waals surface area contributed by atoms with Crippen LogP contribution in [0.25, 0.3) is 0 Å². The van der Waals surface area contributed by atoms with E-state index in [1.54, 1.807) is 12.1 Å². The number of benzene rings is 4. The molecule has 0 aliphatic carbocycles. The first-order chi connectivity index (χ1) is 25.5. The first kappa shape index (κ1) is 38.4. The van der Waals surface area contributed by atoms with Crippen LogP contribution in [0.15, 0.2) is 60.7 Å². The molecule has 0 amide bonds. The Balaban J connectivity index is 1.49. The fourth-order valence-corrected chi connectivity index (χ4v) is 5.19. The zero-order chi connectivity index (χ0) is 39.4. The molecule has 286 valence electrons. The average Bonchev–Trinajstić information content (AvgIpc) is 3.13. The summed E-state index contributed by atoms with van der Waals surface area (Å²) in [6.45, 7) is -1.08. The van der Waals surface area contributed by atoms with Crippen LogP contribution in [0.4, 0.5) is 0 Å². The predicted octanol–water partition coefficient (Wildman–Crippen LogP) is 1.70. The molecule has 1 aliphatic rings. The topological polar surface area (TPSA) is 320 Å². The third-order valence-corrected chi connectivity index (χ3v) is 8.00. The van der Waals surface area contributed by atoms with Gasteiger partial charge in [0.1, 0.15) is 24.6 Å². The summed E-state index contributed by atoms with van der Waals surface area (Å²) < 4.78 is 27.9. The zero-order valence-electron chi connectivity index (χ0n) is 27.5. The van der Waals surface area contributed by atoms with Crippen LogP contribution < -0.4 is 0 Å². The lowest BCUT2D eigenvalue weighted by Crippen LogP contribution is -2.62. The van der Waals surface area contributed by atoms with Crippen LogP contribution in [0.3, 0.4) is 0 Å². The number of aliphatic hydroxyl groups is 1. The molecule has 4 aromatic carbocycles. The van der Waals surface area contributed by atoms with E-state index in [0.717, 1.165) is 12.1 Å². The summed E-state index contributed by atoms with van der Waals surface area (Å²) in [6.07, 6.45) is -9.24. The largest absolute Gasteiger partial charge is 0.508 e. The van der Waals surface area contributed by atoms with Gasteiger partial charge in [0.05, 0.1) is 23.3 Å². The van der Waals surface area contributed by atoms with Gasteiger partial charge in [0, 0.05) is 0 Å². The number of aromatic hydroxyl groups is 10. The molecular weight excluding hydrogens is 724 g/mol. The number of carbonyl (C=O) groups excluding carboxylic acids is 3. The molecule has 5 unspecified atom stereocenters. The fraction of sp³-hybridized carbons (Fsp3) is 0.229. The van der Waals surface area contributed by atoms with Crippen molar-refractivity contribution in [3.8, 4) is 57.5 Å². The molecule has 1 fully saturated rings. The van der Waals surface area contributed by atoms with Crippen molar-refractivity contribution < 1.29 is 94.2 Å². The number of hydrogen-bond acceptors (Lipinski definition) is 19. The standard InChI is InChI=1S/C35H32O19/c36-18-3-1-14(2-4-18)5-6-50-35-29(46)31(54-34(49)17-11-23(41)28(45)24(42)12-17)30(53-33(48)16-9-21(39)27(44)22(40)10-16)25(52-35)13-51-32(47)15-7-19(37)26(43)20(38)8-15/h1-4,7-12,25,29-31,35-46H,5-6,13H2. The molecule has 0 aromatic heterocycles. The Hall–Kier alpha value is -6.83. The van der Waals surface area contributed by atoms with Crippen LogP contribution in [0.5, 0.6) is 57.5 Å². The number of hydrogen-bond donors (Lipinski definition) is 11. The molecule has 5 atom stereocenters. The molecule has 0 bridgehead atoms. The lowest BCUT2D eigenvalue weighted by molar-refractivity contribution is -0.299. The summed E-state index contributed by atoms with van der Waals surface area (Å²) in [5, 5.41) is 110. The number of aliphatic hydroxyl groups excluding tert-OH is 1. The van der Waals surface area contributed by atoms with Crippen molar-refractivity contribution in [2.75, 3.05) is 13.2 Å². The van der Waals surface area contributed by atoms with Gasteiger partial charge in [-0.3, -0.25) is 0 Å². The van der Waals surface area contributed by atoms with Crippen molar-refractivity contribution in [1.82, 2.24) is 0 Å². The number of rotatable bonds is 11. The minimum absolute atomic E-state index is 0.000867. The quantitative estimate of drug-likeness (QED) is 0.0589. The summed E-state index contributed by atoms with van der Waals surface area (Å²) in [6, 6.07) is 10.3. The number of esters is 3. The van der Waals surface area contributed by atoms with Gasteiger partial charge in [0.25, 0.3) is 0 Å². The van der Waals surface area contributed by atoms with Gasteiger partial charge in [-0.2, -0.15) is 0 Å². The molecule has 4 aromatic rings. The molecule has 0 spiro atoms. The van der Waals surface area contributed by atoms with Crippen LogP contribution >= 0.6 is 0 Å². The van der Waals surface area contributed by atoms with E-state index < -0.39 is 124 Å². The summed E-state index contributed by atoms with van der Waals surface area (Å²) in [4.78, 5) is 39.7. The average molecular weight is 757 g/mol. The maximum absolute atomic E-state index is 13.4. The first-order valence-corrected chi connectivity index (χ1v) is 15.6. The molecule has 5 rings (SSSR count). The monoisotopic (exact) mass is 756 g/mol. The molecule has 0 saturated carbocycles. The Labute approximate surface area is 302 Å². The van der Waals surface area contributed by atoms with Gasteiger partial charge < -0.3 is 79.9 Å². The fourth-order valence-electron chi connectivity index (χ4n) is 5.19. The second-order valence-electron chi connectivity index (χ2n) is 11.7. The summed E-state index contributed by atoms with van der Waals surface area (Å²) in [5.41, 5.74) is -0.946. The molecule has 1 heterocycles. The van der Waals surface area contributed by atoms with Gasteiger partial charge in [-0.25, -0.2) is 14.4 Å². The van der Waals surface area contributed by atoms with Gasteiger partial charge in [0.2, 0.25) is 0 Å². The lowest BCUT2D eigenvalue weighted by atomic mass is 9.98. The van der Waals surface area contributed by atoms with Crippen molar-refractivity contribution in [2.45, 2.75) is 37.1 Å². The van der Waals surface area contributed by atoms with Crippen LogP contribution in [-0.2, 0) is 30.1 Å².